The fraction of sp³-hybridized carbons (Fsp3) is 0.0833. The van der Waals surface area contributed by atoms with Crippen LogP contribution >= 0.6 is 22.9 Å². The van der Waals surface area contributed by atoms with Crippen molar-refractivity contribution in [2.75, 3.05) is 0 Å². The number of nitrogens with zero attached hydrogens (tertiary/aromatic N) is 1. The minimum Gasteiger partial charge on any atom is -0.206 e. The van der Waals surface area contributed by atoms with E-state index in [2.05, 4.69) is 4.72 Å². The van der Waals surface area contributed by atoms with Crippen LogP contribution in [0.3, 0.4) is 0 Å². The van der Waals surface area contributed by atoms with Crippen molar-refractivity contribution in [3.05, 3.63) is 51.9 Å². The molecule has 0 fully saturated rings. The van der Waals surface area contributed by atoms with Gasteiger partial charge in [0, 0.05) is 11.6 Å². The molecular formula is C12H9ClN2O2S2. The number of nitriles is 1. The van der Waals surface area contributed by atoms with Crippen LogP contribution in [0.4, 0.5) is 0 Å². The molecule has 1 N–H and O–H groups in total. The highest BCUT2D eigenvalue weighted by Crippen LogP contribution is 2.20. The summed E-state index contributed by atoms with van der Waals surface area (Å²) in [6.07, 6.45) is 0. The molecule has 0 atom stereocenters. The second-order valence-corrected chi connectivity index (χ2v) is 7.20. The lowest BCUT2D eigenvalue weighted by Gasteiger charge is -2.04. The predicted molar refractivity (Wildman–Crippen MR) is 74.5 cm³/mol. The topological polar surface area (TPSA) is 70.0 Å². The molecule has 1 aromatic carbocycles. The fourth-order valence-electron chi connectivity index (χ4n) is 1.38. The molecule has 1 aromatic heterocycles. The van der Waals surface area contributed by atoms with Gasteiger partial charge in [-0.05, 0) is 29.8 Å². The molecule has 0 aliphatic rings. The SMILES string of the molecule is N#Cc1ccc(S(=O)(=O)NCc2ccc(Cl)cc2)s1. The van der Waals surface area contributed by atoms with Crippen molar-refractivity contribution in [1.29, 1.82) is 5.26 Å². The van der Waals surface area contributed by atoms with Crippen LogP contribution in [-0.4, -0.2) is 8.42 Å². The van der Waals surface area contributed by atoms with E-state index in [1.807, 2.05) is 6.07 Å². The first kappa shape index (κ1) is 14.0. The molecule has 19 heavy (non-hydrogen) atoms. The monoisotopic (exact) mass is 312 g/mol. The Hall–Kier alpha value is -1.39. The zero-order valence-electron chi connectivity index (χ0n) is 9.63. The van der Waals surface area contributed by atoms with E-state index in [-0.39, 0.29) is 10.8 Å². The summed E-state index contributed by atoms with van der Waals surface area (Å²) in [6, 6.07) is 11.7. The van der Waals surface area contributed by atoms with Crippen molar-refractivity contribution in [1.82, 2.24) is 4.72 Å². The maximum atomic E-state index is 12.0. The van der Waals surface area contributed by atoms with Crippen LogP contribution in [-0.2, 0) is 16.6 Å². The molecule has 0 bridgehead atoms. The minimum absolute atomic E-state index is 0.137. The number of thiophene rings is 1. The zero-order chi connectivity index (χ0) is 13.9. The highest BCUT2D eigenvalue weighted by atomic mass is 35.5. The van der Waals surface area contributed by atoms with E-state index in [4.69, 9.17) is 16.9 Å². The van der Waals surface area contributed by atoms with Crippen LogP contribution in [0.25, 0.3) is 0 Å². The molecule has 0 radical (unpaired) electrons. The molecule has 0 amide bonds. The number of nitrogens with one attached hydrogen (secondary N) is 1. The lowest BCUT2D eigenvalue weighted by atomic mass is 10.2. The van der Waals surface area contributed by atoms with Crippen molar-refractivity contribution in [3.63, 3.8) is 0 Å². The lowest BCUT2D eigenvalue weighted by Crippen LogP contribution is -2.22. The van der Waals surface area contributed by atoms with Crippen LogP contribution in [0.2, 0.25) is 5.02 Å². The van der Waals surface area contributed by atoms with Gasteiger partial charge in [-0.15, -0.1) is 11.3 Å². The maximum Gasteiger partial charge on any atom is 0.250 e. The Bertz CT molecular complexity index is 715. The largest absolute Gasteiger partial charge is 0.250 e. The van der Waals surface area contributed by atoms with Gasteiger partial charge >= 0.3 is 0 Å². The Labute approximate surface area is 120 Å². The number of rotatable bonds is 4. The van der Waals surface area contributed by atoms with Crippen molar-refractivity contribution in [3.8, 4) is 6.07 Å². The fourth-order valence-corrected chi connectivity index (χ4v) is 3.67. The van der Waals surface area contributed by atoms with E-state index in [1.54, 1.807) is 24.3 Å². The highest BCUT2D eigenvalue weighted by molar-refractivity contribution is 7.91. The molecule has 0 aliphatic carbocycles. The first-order valence-electron chi connectivity index (χ1n) is 5.25. The second-order valence-electron chi connectivity index (χ2n) is 3.68. The summed E-state index contributed by atoms with van der Waals surface area (Å²) in [4.78, 5) is 0.367. The van der Waals surface area contributed by atoms with Crippen LogP contribution in [0.15, 0.2) is 40.6 Å². The molecule has 0 unspecified atom stereocenters. The Kier molecular flexibility index (Phi) is 4.22. The van der Waals surface area contributed by atoms with E-state index >= 15 is 0 Å². The van der Waals surface area contributed by atoms with E-state index in [9.17, 15) is 8.42 Å². The number of halogens is 1. The predicted octanol–water partition coefficient (Wildman–Crippen LogP) is 2.75. The van der Waals surface area contributed by atoms with Crippen molar-refractivity contribution in [2.45, 2.75) is 10.8 Å². The summed E-state index contributed by atoms with van der Waals surface area (Å²) in [6.45, 7) is 0.180. The lowest BCUT2D eigenvalue weighted by molar-refractivity contribution is 0.583. The molecule has 0 saturated carbocycles. The third-order valence-corrected chi connectivity index (χ3v) is 5.47. The maximum absolute atomic E-state index is 12.0. The van der Waals surface area contributed by atoms with Crippen LogP contribution in [0, 0.1) is 11.3 Å². The van der Waals surface area contributed by atoms with Gasteiger partial charge in [0.2, 0.25) is 10.0 Å². The molecule has 4 nitrogen and oxygen atoms in total. The van der Waals surface area contributed by atoms with Gasteiger partial charge < -0.3 is 0 Å². The van der Waals surface area contributed by atoms with Gasteiger partial charge in [0.1, 0.15) is 15.2 Å². The summed E-state index contributed by atoms with van der Waals surface area (Å²) in [7, 11) is -3.57. The Balaban J connectivity index is 2.10. The van der Waals surface area contributed by atoms with Gasteiger partial charge in [-0.1, -0.05) is 23.7 Å². The molecule has 7 heteroatoms. The second kappa shape index (κ2) is 5.72. The van der Waals surface area contributed by atoms with E-state index in [1.165, 1.54) is 12.1 Å². The molecular weight excluding hydrogens is 304 g/mol. The first-order valence-corrected chi connectivity index (χ1v) is 7.93. The molecule has 1 heterocycles. The Morgan fingerprint density at radius 3 is 2.47 bits per heavy atom. The van der Waals surface area contributed by atoms with Crippen molar-refractivity contribution < 1.29 is 8.42 Å². The van der Waals surface area contributed by atoms with Gasteiger partial charge in [-0.2, -0.15) is 5.26 Å². The normalized spacial score (nSPS) is 11.2. The number of sulfonamides is 1. The zero-order valence-corrected chi connectivity index (χ0v) is 12.0. The summed E-state index contributed by atoms with van der Waals surface area (Å²) in [5.74, 6) is 0. The Morgan fingerprint density at radius 1 is 1.21 bits per heavy atom. The quantitative estimate of drug-likeness (QED) is 0.943. The van der Waals surface area contributed by atoms with Gasteiger partial charge in [0.05, 0.1) is 0 Å². The number of hydrogen-bond acceptors (Lipinski definition) is 4. The molecule has 0 aliphatic heterocycles. The molecule has 0 saturated heterocycles. The average Bonchev–Trinajstić information content (AvgIpc) is 2.88. The van der Waals surface area contributed by atoms with Gasteiger partial charge in [0.25, 0.3) is 0 Å². The average molecular weight is 313 g/mol. The van der Waals surface area contributed by atoms with Crippen LogP contribution in [0.5, 0.6) is 0 Å². The van der Waals surface area contributed by atoms with E-state index in [0.29, 0.717) is 9.90 Å². The van der Waals surface area contributed by atoms with Crippen molar-refractivity contribution >= 4 is 33.0 Å². The highest BCUT2D eigenvalue weighted by Gasteiger charge is 2.16. The van der Waals surface area contributed by atoms with E-state index < -0.39 is 10.0 Å². The molecule has 2 rings (SSSR count). The van der Waals surface area contributed by atoms with E-state index in [0.717, 1.165) is 16.9 Å². The molecule has 0 spiro atoms. The summed E-state index contributed by atoms with van der Waals surface area (Å²) in [5, 5.41) is 9.28. The number of benzene rings is 1. The standard InChI is InChI=1S/C12H9ClN2O2S2/c13-10-3-1-9(2-4-10)8-15-19(16,17)12-6-5-11(7-14)18-12/h1-6,15H,8H2. The Morgan fingerprint density at radius 2 is 1.89 bits per heavy atom. The minimum atomic E-state index is -3.57. The summed E-state index contributed by atoms with van der Waals surface area (Å²) < 4.78 is 26.5. The van der Waals surface area contributed by atoms with Crippen molar-refractivity contribution in [2.24, 2.45) is 0 Å². The van der Waals surface area contributed by atoms with Gasteiger partial charge in [-0.25, -0.2) is 13.1 Å². The summed E-state index contributed by atoms with van der Waals surface area (Å²) >= 11 is 6.69. The molecule has 2 aromatic rings. The first-order chi connectivity index (χ1) is 9.01. The van der Waals surface area contributed by atoms with Crippen LogP contribution in [0.1, 0.15) is 10.4 Å². The van der Waals surface area contributed by atoms with Gasteiger partial charge in [-0.3, -0.25) is 0 Å². The van der Waals surface area contributed by atoms with Crippen LogP contribution < -0.4 is 4.72 Å². The third kappa shape index (κ3) is 3.55. The van der Waals surface area contributed by atoms with Gasteiger partial charge in [0.15, 0.2) is 0 Å². The number of hydrogen-bond donors (Lipinski definition) is 1. The smallest absolute Gasteiger partial charge is 0.206 e. The summed E-state index contributed by atoms with van der Waals surface area (Å²) in [5.41, 5.74) is 0.810. The molecule has 98 valence electrons. The third-order valence-electron chi connectivity index (χ3n) is 2.34.